The molecule has 9 aromatic rings. The van der Waals surface area contributed by atoms with E-state index in [0.717, 1.165) is 142 Å². The first-order valence-corrected chi connectivity index (χ1v) is 24.2. The highest BCUT2D eigenvalue weighted by atomic mass is 35.5. The van der Waals surface area contributed by atoms with E-state index < -0.39 is 0 Å². The van der Waals surface area contributed by atoms with Crippen LogP contribution in [0.25, 0.3) is 66.5 Å². The zero-order valence-electron chi connectivity index (χ0n) is 37.6. The van der Waals surface area contributed by atoms with Gasteiger partial charge in [0, 0.05) is 118 Å². The summed E-state index contributed by atoms with van der Waals surface area (Å²) in [6.45, 7) is 6.78. The highest BCUT2D eigenvalue weighted by Gasteiger charge is 2.26. The third-order valence-electron chi connectivity index (χ3n) is 13.0. The molecule has 0 spiro atoms. The van der Waals surface area contributed by atoms with Gasteiger partial charge in [0.1, 0.15) is 17.1 Å². The van der Waals surface area contributed by atoms with Crippen LogP contribution in [0.2, 0.25) is 15.1 Å². The number of ether oxygens (including phenoxy) is 1. The van der Waals surface area contributed by atoms with Crippen molar-refractivity contribution in [3.05, 3.63) is 143 Å². The first-order chi connectivity index (χ1) is 33.3. The normalized spacial score (nSPS) is 17.5. The van der Waals surface area contributed by atoms with E-state index in [1.165, 1.54) is 6.42 Å². The number of piperidine rings is 2. The molecule has 12 rings (SSSR count). The lowest BCUT2D eigenvalue weighted by atomic mass is 10.0. The molecule has 3 fully saturated rings. The molecule has 0 radical (unpaired) electrons. The molecule has 0 saturated carbocycles. The molecule has 0 bridgehead atoms. The van der Waals surface area contributed by atoms with E-state index in [2.05, 4.69) is 40.4 Å². The third-order valence-corrected chi connectivity index (χ3v) is 13.8. The van der Waals surface area contributed by atoms with Gasteiger partial charge in [-0.05, 0) is 93.2 Å². The average molecular weight is 967 g/mol. The van der Waals surface area contributed by atoms with Gasteiger partial charge in [0.25, 0.3) is 0 Å². The highest BCUT2D eigenvalue weighted by molar-refractivity contribution is 6.31. The van der Waals surface area contributed by atoms with Gasteiger partial charge >= 0.3 is 0 Å². The summed E-state index contributed by atoms with van der Waals surface area (Å²) in [6, 6.07) is 30.4. The molecule has 6 aromatic heterocycles. The number of nitrogens with zero attached hydrogens (tertiary/aromatic N) is 10. The van der Waals surface area contributed by atoms with Crippen molar-refractivity contribution in [2.24, 2.45) is 0 Å². The molecule has 1 N–H and O–H groups in total. The zero-order chi connectivity index (χ0) is 46.6. The Hall–Kier alpha value is -6.22. The molecule has 3 saturated heterocycles. The van der Waals surface area contributed by atoms with Crippen molar-refractivity contribution in [3.8, 4) is 33.8 Å². The van der Waals surface area contributed by atoms with Crippen LogP contribution in [0.3, 0.4) is 0 Å². The molecule has 3 aromatic carbocycles. The Kier molecular flexibility index (Phi) is 13.8. The number of carbonyl (C=O) groups excluding carboxylic acids is 1. The fourth-order valence-corrected chi connectivity index (χ4v) is 9.81. The maximum Gasteiger partial charge on any atom is 0.219 e. The van der Waals surface area contributed by atoms with E-state index in [-0.39, 0.29) is 5.91 Å². The van der Waals surface area contributed by atoms with Gasteiger partial charge in [-0.15, -0.1) is 0 Å². The Morgan fingerprint density at radius 2 is 0.985 bits per heavy atom. The van der Waals surface area contributed by atoms with Gasteiger partial charge in [0.15, 0.2) is 0 Å². The van der Waals surface area contributed by atoms with Gasteiger partial charge in [0.2, 0.25) is 5.91 Å². The number of aromatic nitrogens is 9. The Morgan fingerprint density at radius 1 is 0.559 bits per heavy atom. The van der Waals surface area contributed by atoms with Crippen LogP contribution in [0.15, 0.2) is 128 Å². The van der Waals surface area contributed by atoms with E-state index >= 15 is 0 Å². The van der Waals surface area contributed by atoms with E-state index in [0.29, 0.717) is 23.1 Å². The molecule has 68 heavy (non-hydrogen) atoms. The number of rotatable bonds is 6. The number of nitrogens with one attached hydrogen (secondary N) is 1. The Bertz CT molecular complexity index is 3150. The fourth-order valence-electron chi connectivity index (χ4n) is 9.43. The molecule has 9 heterocycles. The lowest BCUT2D eigenvalue weighted by molar-refractivity contribution is -0.130. The minimum absolute atomic E-state index is 0.148. The van der Waals surface area contributed by atoms with E-state index in [1.54, 1.807) is 13.1 Å². The Morgan fingerprint density at radius 3 is 1.37 bits per heavy atom. The molecule has 2 atom stereocenters. The van der Waals surface area contributed by atoms with Crippen molar-refractivity contribution in [1.82, 2.24) is 54.5 Å². The number of hydrogen-bond acceptors (Lipinski definition) is 9. The zero-order valence-corrected chi connectivity index (χ0v) is 39.8. The summed E-state index contributed by atoms with van der Waals surface area (Å²) in [7, 11) is 0. The second-order valence-corrected chi connectivity index (χ2v) is 18.6. The van der Waals surface area contributed by atoms with E-state index in [9.17, 15) is 4.79 Å². The molecular formula is C52H50Cl3N11O2. The van der Waals surface area contributed by atoms with Gasteiger partial charge in [0.05, 0.1) is 41.3 Å². The number of amides is 1. The van der Waals surface area contributed by atoms with Gasteiger partial charge in [-0.3, -0.25) is 33.8 Å². The minimum Gasteiger partial charge on any atom is -0.379 e. The Labute approximate surface area is 409 Å². The number of carbonyl (C=O) groups is 1. The Balaban J connectivity index is 0.000000119. The summed E-state index contributed by atoms with van der Waals surface area (Å²) in [5.41, 5.74) is 9.34. The minimum atomic E-state index is 0.148. The van der Waals surface area contributed by atoms with Crippen molar-refractivity contribution >= 4 is 73.4 Å². The number of fused-ring (bicyclic) bond motifs is 3. The fraction of sp³-hybridized carbons (Fsp3) is 0.288. The largest absolute Gasteiger partial charge is 0.379 e. The van der Waals surface area contributed by atoms with Crippen molar-refractivity contribution in [1.29, 1.82) is 0 Å². The summed E-state index contributed by atoms with van der Waals surface area (Å²) in [6.07, 6.45) is 16.3. The average Bonchev–Trinajstić information content (AvgIpc) is 4.21. The smallest absolute Gasteiger partial charge is 0.219 e. The second kappa shape index (κ2) is 20.6. The van der Waals surface area contributed by atoms with Crippen LogP contribution in [0.4, 0.5) is 0 Å². The standard InChI is InChI=1S/C19H19ClN4O.C17H17ClN4.C16H14ClN3O/c1-13(25)23-10-7-16(8-11-23)24-18-6-9-21-12-17(18)19(22-24)14-2-4-15(20)5-3-14;18-13-5-3-12(4-6-13)17-15-11-20-9-7-16(15)22(21-17)14-2-1-8-19-10-14;17-12-3-1-11(2-4-12)16-14-9-18-7-5-15(14)20(19-16)13-6-8-21-10-13/h2-6,9,12,16H,7-8,10-11H2,1H3;3-7,9,11,14,19H,1-2,8,10H2;1-5,7,9,13H,6,8,10H2/t;;13-/m..0/s1. The van der Waals surface area contributed by atoms with Gasteiger partial charge in [-0.1, -0.05) is 71.2 Å². The van der Waals surface area contributed by atoms with Crippen molar-refractivity contribution in [2.45, 2.75) is 57.2 Å². The maximum absolute atomic E-state index is 11.6. The molecule has 346 valence electrons. The van der Waals surface area contributed by atoms with Crippen LogP contribution in [0.1, 0.15) is 57.2 Å². The molecule has 13 nitrogen and oxygen atoms in total. The monoisotopic (exact) mass is 965 g/mol. The number of hydrogen-bond donors (Lipinski definition) is 1. The maximum atomic E-state index is 11.6. The summed E-state index contributed by atoms with van der Waals surface area (Å²) in [4.78, 5) is 26.3. The number of likely N-dealkylation sites (tertiary alicyclic amines) is 1. The van der Waals surface area contributed by atoms with Gasteiger partial charge in [-0.25, -0.2) is 0 Å². The highest BCUT2D eigenvalue weighted by Crippen LogP contribution is 2.35. The summed E-state index contributed by atoms with van der Waals surface area (Å²) < 4.78 is 11.8. The quantitative estimate of drug-likeness (QED) is 0.173. The number of pyridine rings is 3. The van der Waals surface area contributed by atoms with Crippen LogP contribution in [-0.4, -0.2) is 94.5 Å². The van der Waals surface area contributed by atoms with Crippen molar-refractivity contribution in [2.75, 3.05) is 39.4 Å². The molecule has 16 heteroatoms. The SMILES string of the molecule is CC(=O)N1CCC(n2nc(-c3ccc(Cl)cc3)c3cnccc32)CC1.Clc1ccc(-c2nn(C3CCCNC3)c3ccncc23)cc1.Clc1ccc(-c2nn([C@H]3CCOC3)c3ccncc23)cc1. The van der Waals surface area contributed by atoms with E-state index in [4.69, 9.17) is 54.8 Å². The molecule has 3 aliphatic heterocycles. The number of benzene rings is 3. The first-order valence-electron chi connectivity index (χ1n) is 23.1. The van der Waals surface area contributed by atoms with Crippen LogP contribution >= 0.6 is 34.8 Å². The lowest BCUT2D eigenvalue weighted by Gasteiger charge is -2.31. The van der Waals surface area contributed by atoms with Crippen LogP contribution in [-0.2, 0) is 9.53 Å². The molecule has 1 amide bonds. The van der Waals surface area contributed by atoms with Crippen molar-refractivity contribution in [3.63, 3.8) is 0 Å². The predicted octanol–water partition coefficient (Wildman–Crippen LogP) is 11.3. The lowest BCUT2D eigenvalue weighted by Crippen LogP contribution is -2.37. The molecular weight excluding hydrogens is 917 g/mol. The topological polar surface area (TPSA) is 134 Å². The van der Waals surface area contributed by atoms with Crippen molar-refractivity contribution < 1.29 is 9.53 Å². The van der Waals surface area contributed by atoms with Crippen LogP contribution in [0, 0.1) is 0 Å². The van der Waals surface area contributed by atoms with E-state index in [1.807, 2.05) is 121 Å². The predicted molar refractivity (Wildman–Crippen MR) is 270 cm³/mol. The van der Waals surface area contributed by atoms with Crippen LogP contribution < -0.4 is 5.32 Å². The number of halogens is 3. The molecule has 1 unspecified atom stereocenters. The summed E-state index contributed by atoms with van der Waals surface area (Å²) in [5.74, 6) is 0.148. The first kappa shape index (κ1) is 45.6. The van der Waals surface area contributed by atoms with Crippen LogP contribution in [0.5, 0.6) is 0 Å². The molecule has 0 aliphatic carbocycles. The van der Waals surface area contributed by atoms with Gasteiger partial charge in [-0.2, -0.15) is 15.3 Å². The summed E-state index contributed by atoms with van der Waals surface area (Å²) >= 11 is 18.0. The second-order valence-electron chi connectivity index (χ2n) is 17.3. The molecule has 3 aliphatic rings. The van der Waals surface area contributed by atoms with Gasteiger partial charge < -0.3 is 15.0 Å². The third kappa shape index (κ3) is 9.72. The summed E-state index contributed by atoms with van der Waals surface area (Å²) in [5, 5.41) is 23.5.